The molecule has 3 aromatic heterocycles. The number of ether oxygens (including phenoxy) is 3. The average molecular weight is 579 g/mol. The third-order valence-corrected chi connectivity index (χ3v) is 7.08. The molecule has 4 aromatic rings. The molecule has 11 nitrogen and oxygen atoms in total. The zero-order valence-corrected chi connectivity index (χ0v) is 23.8. The van der Waals surface area contributed by atoms with Gasteiger partial charge in [0.25, 0.3) is 5.88 Å². The second-order valence-corrected chi connectivity index (χ2v) is 11.3. The summed E-state index contributed by atoms with van der Waals surface area (Å²) in [5, 5.41) is 19.6. The van der Waals surface area contributed by atoms with Crippen LogP contribution in [0.4, 0.5) is 9.18 Å². The number of carbonyl (C=O) groups is 1. The van der Waals surface area contributed by atoms with Crippen molar-refractivity contribution in [2.75, 3.05) is 6.61 Å². The fraction of sp³-hybridized carbons (Fsp3) is 0.400. The fourth-order valence-corrected chi connectivity index (χ4v) is 4.84. The molecule has 222 valence electrons. The van der Waals surface area contributed by atoms with E-state index in [2.05, 4.69) is 15.2 Å². The molecular formula is C30H35FN6O5. The van der Waals surface area contributed by atoms with Gasteiger partial charge in [0.1, 0.15) is 11.9 Å². The van der Waals surface area contributed by atoms with Crippen LogP contribution >= 0.6 is 0 Å². The number of primary amides is 1. The van der Waals surface area contributed by atoms with Crippen LogP contribution in [0.2, 0.25) is 0 Å². The van der Waals surface area contributed by atoms with E-state index in [1.807, 2.05) is 26.8 Å². The normalized spacial score (nSPS) is 17.0. The Bertz CT molecular complexity index is 1510. The monoisotopic (exact) mass is 578 g/mol. The first-order valence-corrected chi connectivity index (χ1v) is 13.9. The topological polar surface area (TPSA) is 140 Å². The summed E-state index contributed by atoms with van der Waals surface area (Å²) < 4.78 is 35.1. The molecule has 2 unspecified atom stereocenters. The van der Waals surface area contributed by atoms with Crippen LogP contribution in [0.1, 0.15) is 46.3 Å². The molecule has 0 spiro atoms. The number of nitrogens with zero attached hydrogens (tertiary/aromatic N) is 5. The van der Waals surface area contributed by atoms with E-state index in [4.69, 9.17) is 19.9 Å². The van der Waals surface area contributed by atoms with Gasteiger partial charge in [0.2, 0.25) is 0 Å². The van der Waals surface area contributed by atoms with E-state index in [-0.39, 0.29) is 18.7 Å². The molecule has 5 rings (SSSR count). The minimum Gasteiger partial charge on any atom is -0.442 e. The molecule has 1 fully saturated rings. The van der Waals surface area contributed by atoms with Crippen LogP contribution in [0.3, 0.4) is 0 Å². The van der Waals surface area contributed by atoms with E-state index in [1.165, 1.54) is 6.07 Å². The molecule has 12 heteroatoms. The van der Waals surface area contributed by atoms with Crippen molar-refractivity contribution in [3.05, 3.63) is 66.9 Å². The van der Waals surface area contributed by atoms with Gasteiger partial charge in [0.05, 0.1) is 24.0 Å². The van der Waals surface area contributed by atoms with Gasteiger partial charge in [-0.05, 0) is 67.1 Å². The van der Waals surface area contributed by atoms with E-state index in [0.29, 0.717) is 23.6 Å². The van der Waals surface area contributed by atoms with Gasteiger partial charge in [-0.25, -0.2) is 18.9 Å². The Morgan fingerprint density at radius 2 is 1.98 bits per heavy atom. The van der Waals surface area contributed by atoms with Crippen LogP contribution in [0.25, 0.3) is 22.5 Å². The number of aliphatic hydroxyl groups is 1. The molecule has 4 heterocycles. The molecule has 1 aliphatic heterocycles. The lowest BCUT2D eigenvalue weighted by Crippen LogP contribution is -2.44. The number of halogens is 1. The molecule has 0 aliphatic carbocycles. The molecule has 1 amide bonds. The average Bonchev–Trinajstić information content (AvgIpc) is 3.64. The smallest absolute Gasteiger partial charge is 0.404 e. The predicted molar refractivity (Wildman–Crippen MR) is 152 cm³/mol. The second kappa shape index (κ2) is 12.3. The van der Waals surface area contributed by atoms with Gasteiger partial charge < -0.3 is 25.1 Å². The van der Waals surface area contributed by atoms with Crippen LogP contribution in [0.5, 0.6) is 11.6 Å². The van der Waals surface area contributed by atoms with Crippen LogP contribution in [-0.2, 0) is 16.0 Å². The minimum absolute atomic E-state index is 0.123. The lowest BCUT2D eigenvalue weighted by Gasteiger charge is -2.32. The van der Waals surface area contributed by atoms with E-state index in [0.717, 1.165) is 30.5 Å². The van der Waals surface area contributed by atoms with Crippen molar-refractivity contribution in [2.45, 2.75) is 65.0 Å². The quantitative estimate of drug-likeness (QED) is 0.272. The Labute approximate surface area is 243 Å². The summed E-state index contributed by atoms with van der Waals surface area (Å²) in [6, 6.07) is 12.0. The maximum Gasteiger partial charge on any atom is 0.404 e. The zero-order chi connectivity index (χ0) is 29.9. The first kappa shape index (κ1) is 29.2. The van der Waals surface area contributed by atoms with Crippen LogP contribution in [0, 0.1) is 11.2 Å². The summed E-state index contributed by atoms with van der Waals surface area (Å²) in [6.45, 7) is 6.32. The van der Waals surface area contributed by atoms with Crippen molar-refractivity contribution < 1.29 is 28.5 Å². The van der Waals surface area contributed by atoms with Gasteiger partial charge in [0, 0.05) is 36.3 Å². The highest BCUT2D eigenvalue weighted by atomic mass is 19.1. The summed E-state index contributed by atoms with van der Waals surface area (Å²) in [5.74, 6) is -0.340. The molecule has 3 atom stereocenters. The van der Waals surface area contributed by atoms with Crippen molar-refractivity contribution in [3.8, 4) is 34.1 Å². The summed E-state index contributed by atoms with van der Waals surface area (Å²) in [7, 11) is 0. The number of hydrogen-bond acceptors (Lipinski definition) is 8. The van der Waals surface area contributed by atoms with E-state index < -0.39 is 29.5 Å². The largest absolute Gasteiger partial charge is 0.442 e. The molecule has 1 saturated heterocycles. The molecule has 0 bridgehead atoms. The summed E-state index contributed by atoms with van der Waals surface area (Å²) in [5.41, 5.74) is 7.42. The van der Waals surface area contributed by atoms with Crippen LogP contribution < -0.4 is 10.5 Å². The summed E-state index contributed by atoms with van der Waals surface area (Å²) >= 11 is 0. The Morgan fingerprint density at radius 3 is 2.64 bits per heavy atom. The number of aromatic nitrogens is 5. The number of hydrogen-bond donors (Lipinski definition) is 2. The third-order valence-electron chi connectivity index (χ3n) is 7.08. The van der Waals surface area contributed by atoms with Crippen molar-refractivity contribution >= 4 is 6.09 Å². The van der Waals surface area contributed by atoms with Crippen LogP contribution in [0.15, 0.2) is 61.1 Å². The maximum atomic E-state index is 15.0. The van der Waals surface area contributed by atoms with E-state index >= 15 is 4.39 Å². The van der Waals surface area contributed by atoms with E-state index in [9.17, 15) is 9.90 Å². The number of nitrogens with two attached hydrogens (primary N) is 1. The number of carbonyl (C=O) groups excluding carboxylic acids is 1. The minimum atomic E-state index is -0.965. The molecule has 1 aromatic carbocycles. The first-order chi connectivity index (χ1) is 20.1. The zero-order valence-electron chi connectivity index (χ0n) is 23.8. The Balaban J connectivity index is 1.25. The number of pyridine rings is 1. The highest BCUT2D eigenvalue weighted by Gasteiger charge is 2.33. The predicted octanol–water partition coefficient (Wildman–Crippen LogP) is 5.31. The highest BCUT2D eigenvalue weighted by molar-refractivity contribution is 5.65. The van der Waals surface area contributed by atoms with E-state index in [1.54, 1.807) is 58.3 Å². The standard InChI is InChI=1S/C30H35FN6O5/c1-30(2,3)27(38)25(42-29(32)39)18-36-14-12-23(35-36)19-7-9-21(10-8-19)41-28-22(31)16-20(17-33-28)24-11-13-34-37(24)26-6-4-5-15-40-26/h7-14,16-17,25-27,38H,4-6,15,18H2,1-3H3,(H2,32,39)/t25-,26?,27?/m0/s1. The fourth-order valence-electron chi connectivity index (χ4n) is 4.84. The van der Waals surface area contributed by atoms with Gasteiger partial charge in [-0.3, -0.25) is 4.68 Å². The number of amides is 1. The summed E-state index contributed by atoms with van der Waals surface area (Å²) in [4.78, 5) is 15.6. The molecule has 0 saturated carbocycles. The number of rotatable bonds is 9. The molecule has 3 N–H and O–H groups in total. The van der Waals surface area contributed by atoms with Crippen molar-refractivity contribution in [1.29, 1.82) is 0 Å². The Kier molecular flexibility index (Phi) is 8.55. The maximum absolute atomic E-state index is 15.0. The number of aliphatic hydroxyl groups excluding tert-OH is 1. The highest BCUT2D eigenvalue weighted by Crippen LogP contribution is 2.31. The lowest BCUT2D eigenvalue weighted by molar-refractivity contribution is -0.0566. The van der Waals surface area contributed by atoms with Gasteiger partial charge in [-0.1, -0.05) is 20.8 Å². The SMILES string of the molecule is CC(C)(C)C(O)[C@H](Cn1ccc(-c2ccc(Oc3ncc(-c4ccnn4C4CCCCO4)cc3F)cc2)n1)OC(N)=O. The van der Waals surface area contributed by atoms with Gasteiger partial charge in [-0.2, -0.15) is 10.2 Å². The van der Waals surface area contributed by atoms with Gasteiger partial charge in [-0.15, -0.1) is 0 Å². The summed E-state index contributed by atoms with van der Waals surface area (Å²) in [6.07, 6.45) is 4.91. The number of benzene rings is 1. The van der Waals surface area contributed by atoms with Crippen molar-refractivity contribution in [1.82, 2.24) is 24.5 Å². The van der Waals surface area contributed by atoms with Crippen molar-refractivity contribution in [2.24, 2.45) is 11.1 Å². The van der Waals surface area contributed by atoms with Gasteiger partial charge >= 0.3 is 6.09 Å². The third kappa shape index (κ3) is 6.77. The van der Waals surface area contributed by atoms with Crippen molar-refractivity contribution in [3.63, 3.8) is 0 Å². The van der Waals surface area contributed by atoms with Crippen LogP contribution in [-0.4, -0.2) is 54.6 Å². The molecule has 42 heavy (non-hydrogen) atoms. The first-order valence-electron chi connectivity index (χ1n) is 13.9. The lowest BCUT2D eigenvalue weighted by atomic mass is 9.85. The Hall–Kier alpha value is -4.29. The molecule has 1 aliphatic rings. The van der Waals surface area contributed by atoms with Gasteiger partial charge in [0.15, 0.2) is 12.0 Å². The second-order valence-electron chi connectivity index (χ2n) is 11.3. The Morgan fingerprint density at radius 1 is 1.19 bits per heavy atom. The molecule has 0 radical (unpaired) electrons. The molecular weight excluding hydrogens is 543 g/mol.